The summed E-state index contributed by atoms with van der Waals surface area (Å²) in [7, 11) is -3.92. The number of cyclic esters (lactones) is 1. The van der Waals surface area contributed by atoms with Crippen LogP contribution in [0.4, 0.5) is 4.79 Å². The second kappa shape index (κ2) is 5.02. The summed E-state index contributed by atoms with van der Waals surface area (Å²) in [6.45, 7) is 3.46. The van der Waals surface area contributed by atoms with Crippen LogP contribution < -0.4 is 0 Å². The molecule has 1 aliphatic rings. The molecule has 1 fully saturated rings. The van der Waals surface area contributed by atoms with Gasteiger partial charge in [-0.05, 0) is 26.0 Å². The quantitative estimate of drug-likeness (QED) is 0.803. The number of nitrogens with zero attached hydrogens (tertiary/aromatic N) is 1. The van der Waals surface area contributed by atoms with E-state index in [4.69, 9.17) is 16.3 Å². The number of sulfonamides is 1. The van der Waals surface area contributed by atoms with Crippen LogP contribution in [0.2, 0.25) is 0 Å². The number of rotatable bonds is 3. The Morgan fingerprint density at radius 1 is 1.37 bits per heavy atom. The maximum atomic E-state index is 12.4. The SMILES string of the molecule is Cc1ccc(S(=O)(=O)N2C(=O)OC[C@@H]2[C@H](C)Cl)cc1. The van der Waals surface area contributed by atoms with Crippen molar-refractivity contribution in [2.24, 2.45) is 0 Å². The summed E-state index contributed by atoms with van der Waals surface area (Å²) < 4.78 is 30.4. The molecule has 0 N–H and O–H groups in total. The van der Waals surface area contributed by atoms with Gasteiger partial charge in [0.25, 0.3) is 10.0 Å². The monoisotopic (exact) mass is 303 g/mol. The van der Waals surface area contributed by atoms with E-state index in [0.717, 1.165) is 9.87 Å². The molecule has 1 aromatic carbocycles. The summed E-state index contributed by atoms with van der Waals surface area (Å²) in [4.78, 5) is 11.7. The van der Waals surface area contributed by atoms with E-state index in [0.29, 0.717) is 0 Å². The summed E-state index contributed by atoms with van der Waals surface area (Å²) in [5.41, 5.74) is 0.935. The standard InChI is InChI=1S/C12H14ClNO4S/c1-8-3-5-10(6-4-8)19(16,17)14-11(9(2)13)7-18-12(14)15/h3-6,9,11H,7H2,1-2H3/t9-,11+/m0/s1. The van der Waals surface area contributed by atoms with E-state index < -0.39 is 27.5 Å². The number of carbonyl (C=O) groups is 1. The molecule has 1 amide bonds. The summed E-state index contributed by atoms with van der Waals surface area (Å²) >= 11 is 5.92. The number of alkyl halides is 1. The Morgan fingerprint density at radius 3 is 2.47 bits per heavy atom. The first-order valence-corrected chi connectivity index (χ1v) is 7.63. The molecule has 0 unspecified atom stereocenters. The zero-order valence-electron chi connectivity index (χ0n) is 10.5. The Hall–Kier alpha value is -1.27. The molecule has 19 heavy (non-hydrogen) atoms. The van der Waals surface area contributed by atoms with Crippen LogP contribution >= 0.6 is 11.6 Å². The first kappa shape index (κ1) is 14.1. The van der Waals surface area contributed by atoms with Crippen molar-refractivity contribution in [3.8, 4) is 0 Å². The first-order valence-electron chi connectivity index (χ1n) is 5.76. The van der Waals surface area contributed by atoms with Gasteiger partial charge in [0.15, 0.2) is 0 Å². The fourth-order valence-electron chi connectivity index (χ4n) is 1.84. The molecule has 0 aromatic heterocycles. The zero-order valence-corrected chi connectivity index (χ0v) is 12.1. The minimum atomic E-state index is -3.92. The fraction of sp³-hybridized carbons (Fsp3) is 0.417. The predicted octanol–water partition coefficient (Wildman–Crippen LogP) is 2.13. The molecule has 104 valence electrons. The van der Waals surface area contributed by atoms with Crippen molar-refractivity contribution in [3.05, 3.63) is 29.8 Å². The molecule has 1 heterocycles. The molecule has 0 saturated carbocycles. The van der Waals surface area contributed by atoms with E-state index in [-0.39, 0.29) is 11.5 Å². The van der Waals surface area contributed by atoms with Crippen molar-refractivity contribution in [2.45, 2.75) is 30.2 Å². The number of ether oxygens (including phenoxy) is 1. The molecule has 5 nitrogen and oxygen atoms in total. The van der Waals surface area contributed by atoms with Crippen molar-refractivity contribution in [1.82, 2.24) is 4.31 Å². The van der Waals surface area contributed by atoms with Crippen molar-refractivity contribution in [3.63, 3.8) is 0 Å². The molecule has 0 aliphatic carbocycles. The summed E-state index contributed by atoms with van der Waals surface area (Å²) in [6, 6.07) is 5.60. The molecular formula is C12H14ClNO4S. The van der Waals surface area contributed by atoms with E-state index in [1.165, 1.54) is 12.1 Å². The molecular weight excluding hydrogens is 290 g/mol. The molecule has 2 rings (SSSR count). The van der Waals surface area contributed by atoms with Gasteiger partial charge in [-0.15, -0.1) is 11.6 Å². The normalized spacial score (nSPS) is 21.3. The lowest BCUT2D eigenvalue weighted by Gasteiger charge is -2.22. The second-order valence-corrected chi connectivity index (χ2v) is 6.94. The van der Waals surface area contributed by atoms with Gasteiger partial charge in [-0.25, -0.2) is 13.2 Å². The van der Waals surface area contributed by atoms with Crippen LogP contribution in [0, 0.1) is 6.92 Å². The highest BCUT2D eigenvalue weighted by Crippen LogP contribution is 2.27. The van der Waals surface area contributed by atoms with Gasteiger partial charge in [-0.3, -0.25) is 0 Å². The average molecular weight is 304 g/mol. The van der Waals surface area contributed by atoms with Gasteiger partial charge in [-0.1, -0.05) is 17.7 Å². The van der Waals surface area contributed by atoms with Gasteiger partial charge in [0.2, 0.25) is 0 Å². The van der Waals surface area contributed by atoms with E-state index >= 15 is 0 Å². The largest absolute Gasteiger partial charge is 0.446 e. The summed E-state index contributed by atoms with van der Waals surface area (Å²) in [6.07, 6.45) is -0.877. The molecule has 1 saturated heterocycles. The second-order valence-electron chi connectivity index (χ2n) is 4.44. The van der Waals surface area contributed by atoms with Crippen LogP contribution in [0.5, 0.6) is 0 Å². The molecule has 2 atom stereocenters. The van der Waals surface area contributed by atoms with Crippen LogP contribution in [-0.2, 0) is 14.8 Å². The molecule has 1 aliphatic heterocycles. The fourth-order valence-corrected chi connectivity index (χ4v) is 3.65. The van der Waals surface area contributed by atoms with Crippen molar-refractivity contribution >= 4 is 27.7 Å². The minimum Gasteiger partial charge on any atom is -0.446 e. The number of halogens is 1. The predicted molar refractivity (Wildman–Crippen MR) is 70.7 cm³/mol. The van der Waals surface area contributed by atoms with Gasteiger partial charge in [0.1, 0.15) is 12.6 Å². The van der Waals surface area contributed by atoms with Gasteiger partial charge in [-0.2, -0.15) is 4.31 Å². The third kappa shape index (κ3) is 2.55. The molecule has 0 spiro atoms. The number of carbonyl (C=O) groups excluding carboxylic acids is 1. The maximum Gasteiger partial charge on any atom is 0.424 e. The lowest BCUT2D eigenvalue weighted by Crippen LogP contribution is -2.42. The van der Waals surface area contributed by atoms with Crippen LogP contribution in [-0.4, -0.2) is 36.8 Å². The molecule has 0 bridgehead atoms. The van der Waals surface area contributed by atoms with Crippen molar-refractivity contribution in [1.29, 1.82) is 0 Å². The summed E-state index contributed by atoms with van der Waals surface area (Å²) in [5, 5.41) is -0.522. The zero-order chi connectivity index (χ0) is 14.2. The van der Waals surface area contributed by atoms with E-state index in [1.807, 2.05) is 6.92 Å². The van der Waals surface area contributed by atoms with Crippen LogP contribution in [0.3, 0.4) is 0 Å². The molecule has 1 aromatic rings. The Labute approximate surface area is 117 Å². The number of benzene rings is 1. The lowest BCUT2D eigenvalue weighted by molar-refractivity contribution is 0.170. The van der Waals surface area contributed by atoms with Crippen molar-refractivity contribution < 1.29 is 17.9 Å². The highest BCUT2D eigenvalue weighted by atomic mass is 35.5. The van der Waals surface area contributed by atoms with Gasteiger partial charge in [0, 0.05) is 0 Å². The minimum absolute atomic E-state index is 0.0193. The van der Waals surface area contributed by atoms with E-state index in [9.17, 15) is 13.2 Å². The smallest absolute Gasteiger partial charge is 0.424 e. The summed E-state index contributed by atoms with van der Waals surface area (Å²) in [5.74, 6) is 0. The highest BCUT2D eigenvalue weighted by molar-refractivity contribution is 7.89. The van der Waals surface area contributed by atoms with Gasteiger partial charge in [0.05, 0.1) is 10.3 Å². The van der Waals surface area contributed by atoms with Crippen LogP contribution in [0.25, 0.3) is 0 Å². The van der Waals surface area contributed by atoms with Crippen LogP contribution in [0.15, 0.2) is 29.2 Å². The third-order valence-electron chi connectivity index (χ3n) is 2.97. The molecule has 0 radical (unpaired) electrons. The number of hydrogen-bond donors (Lipinski definition) is 0. The topological polar surface area (TPSA) is 63.7 Å². The van der Waals surface area contributed by atoms with Gasteiger partial charge < -0.3 is 4.74 Å². The van der Waals surface area contributed by atoms with E-state index in [2.05, 4.69) is 0 Å². The Bertz CT molecular complexity index is 582. The number of hydrogen-bond acceptors (Lipinski definition) is 4. The van der Waals surface area contributed by atoms with Crippen molar-refractivity contribution in [2.75, 3.05) is 6.61 Å². The first-order chi connectivity index (χ1) is 8.84. The third-order valence-corrected chi connectivity index (χ3v) is 5.06. The number of amides is 1. The Morgan fingerprint density at radius 2 is 1.95 bits per heavy atom. The van der Waals surface area contributed by atoms with Gasteiger partial charge >= 0.3 is 6.09 Å². The van der Waals surface area contributed by atoms with E-state index in [1.54, 1.807) is 19.1 Å². The lowest BCUT2D eigenvalue weighted by atomic mass is 10.2. The number of aryl methyl sites for hydroxylation is 1. The highest BCUT2D eigenvalue weighted by Gasteiger charge is 2.44. The van der Waals surface area contributed by atoms with Crippen LogP contribution in [0.1, 0.15) is 12.5 Å². The average Bonchev–Trinajstić information content (AvgIpc) is 2.72. The molecule has 7 heteroatoms. The Kier molecular flexibility index (Phi) is 3.73. The maximum absolute atomic E-state index is 12.4. The Balaban J connectivity index is 2.43.